The highest BCUT2D eigenvalue weighted by molar-refractivity contribution is 6.82. The Morgan fingerprint density at radius 1 is 0.582 bits per heavy atom. The third-order valence-corrected chi connectivity index (χ3v) is 16.8. The molecule has 5 aromatic rings. The Morgan fingerprint density at radius 3 is 1.53 bits per heavy atom. The van der Waals surface area contributed by atoms with Crippen LogP contribution < -0.4 is 4.74 Å². The fourth-order valence-corrected chi connectivity index (χ4v) is 15.5. The first-order valence-corrected chi connectivity index (χ1v) is 23.5. The summed E-state index contributed by atoms with van der Waals surface area (Å²) in [6.07, 6.45) is 5.16. The monoisotopic (exact) mass is 742 g/mol. The zero-order chi connectivity index (χ0) is 39.9. The van der Waals surface area contributed by atoms with Crippen LogP contribution in [0, 0.1) is 47.5 Å². The third-order valence-electron chi connectivity index (χ3n) is 12.5. The summed E-state index contributed by atoms with van der Waals surface area (Å²) in [6, 6.07) is 28.6. The van der Waals surface area contributed by atoms with E-state index in [9.17, 15) is 0 Å². The van der Waals surface area contributed by atoms with Crippen molar-refractivity contribution in [2.45, 2.75) is 113 Å². The summed E-state index contributed by atoms with van der Waals surface area (Å²) < 4.78 is 6.47. The number of hydrogen-bond acceptors (Lipinski definition) is 1. The molecule has 2 atom stereocenters. The lowest BCUT2D eigenvalue weighted by atomic mass is 9.81. The predicted molar refractivity (Wildman–Crippen MR) is 242 cm³/mol. The van der Waals surface area contributed by atoms with Crippen LogP contribution in [0.2, 0.25) is 13.1 Å². The Bertz CT molecular complexity index is 2360. The molecule has 2 unspecified atom stereocenters. The first kappa shape index (κ1) is 38.9. The van der Waals surface area contributed by atoms with Crippen molar-refractivity contribution in [2.75, 3.05) is 7.11 Å². The van der Waals surface area contributed by atoms with Crippen molar-refractivity contribution in [2.24, 2.45) is 5.92 Å². The maximum atomic E-state index is 6.47. The number of fused-ring (bicyclic) bond motifs is 2. The Balaban J connectivity index is 1.53. The maximum Gasteiger partial charge on any atom is 0.131 e. The van der Waals surface area contributed by atoms with E-state index in [0.29, 0.717) is 17.0 Å². The quantitative estimate of drug-likeness (QED) is 0.151. The normalized spacial score (nSPS) is 16.7. The molecule has 7 rings (SSSR count). The molecule has 5 aromatic carbocycles. The van der Waals surface area contributed by atoms with Gasteiger partial charge in [0.1, 0.15) is 5.75 Å². The van der Waals surface area contributed by atoms with Gasteiger partial charge in [0.15, 0.2) is 0 Å². The molecule has 0 fully saturated rings. The minimum Gasteiger partial charge on any atom is -0.496 e. The molecule has 0 bridgehead atoms. The van der Waals surface area contributed by atoms with Crippen molar-refractivity contribution < 1.29 is 4.74 Å². The van der Waals surface area contributed by atoms with E-state index in [1.807, 2.05) is 7.11 Å². The van der Waals surface area contributed by atoms with Crippen LogP contribution in [0.3, 0.4) is 0 Å². The van der Waals surface area contributed by atoms with Gasteiger partial charge in [-0.25, -0.2) is 0 Å². The van der Waals surface area contributed by atoms with Gasteiger partial charge in [0, 0.05) is 22.2 Å². The van der Waals surface area contributed by atoms with E-state index in [4.69, 9.17) is 4.74 Å². The van der Waals surface area contributed by atoms with E-state index in [-0.39, 0.29) is 5.41 Å². The molecule has 284 valence electrons. The van der Waals surface area contributed by atoms with E-state index in [2.05, 4.69) is 181 Å². The van der Waals surface area contributed by atoms with E-state index in [1.165, 1.54) is 100 Å². The summed E-state index contributed by atoms with van der Waals surface area (Å²) in [4.78, 5) is 0. The SMILES string of the molecule is COc1c(C(C)(C)C)cc2c(c1-c1cc(C)cc(C)c1)C=C(C(C)C)C2[Si](C)(C)C1C(C)=Cc2c(-c3cc(C)cc(C)c3)ccc(-c3cc(C)cc(C)c3)c21. The molecule has 2 aliphatic rings. The summed E-state index contributed by atoms with van der Waals surface area (Å²) in [7, 11) is -0.431. The minimum atomic E-state index is -2.30. The lowest BCUT2D eigenvalue weighted by molar-refractivity contribution is 0.399. The average Bonchev–Trinajstić information content (AvgIpc) is 3.64. The van der Waals surface area contributed by atoms with Crippen LogP contribution in [0.5, 0.6) is 5.75 Å². The average molecular weight is 743 g/mol. The number of rotatable bonds is 7. The standard InChI is InChI=1S/C53H62OSi/c1-30(2)43-28-45-46(29-47(53(10,11)12)50(54-13)48(45)40-25-35(7)20-36(8)26-40)52(43)55(14,15)51-37(9)27-44-41(38-21-31(3)18-32(4)22-38)16-17-42(49(44)51)39-23-33(5)19-34(6)24-39/h16-30,51-52H,1-15H3. The summed E-state index contributed by atoms with van der Waals surface area (Å²) in [5, 5.41) is 0. The lowest BCUT2D eigenvalue weighted by Gasteiger charge is -2.41. The van der Waals surface area contributed by atoms with Crippen molar-refractivity contribution in [3.8, 4) is 39.1 Å². The van der Waals surface area contributed by atoms with Crippen LogP contribution >= 0.6 is 0 Å². The Hall–Kier alpha value is -4.40. The highest BCUT2D eigenvalue weighted by Gasteiger charge is 2.50. The van der Waals surface area contributed by atoms with Gasteiger partial charge in [0.2, 0.25) is 0 Å². The van der Waals surface area contributed by atoms with Gasteiger partial charge >= 0.3 is 0 Å². The number of ether oxygens (including phenoxy) is 1. The number of aryl methyl sites for hydroxylation is 6. The van der Waals surface area contributed by atoms with Crippen LogP contribution in [0.1, 0.15) is 114 Å². The molecular formula is C53H62OSi. The van der Waals surface area contributed by atoms with Crippen LogP contribution in [-0.4, -0.2) is 15.2 Å². The van der Waals surface area contributed by atoms with Crippen molar-refractivity contribution in [1.29, 1.82) is 0 Å². The molecule has 0 amide bonds. The fraction of sp³-hybridized carbons (Fsp3) is 0.358. The van der Waals surface area contributed by atoms with Crippen molar-refractivity contribution >= 4 is 20.2 Å². The first-order chi connectivity index (χ1) is 25.8. The molecule has 0 aromatic heterocycles. The van der Waals surface area contributed by atoms with Crippen LogP contribution in [0.15, 0.2) is 83.9 Å². The largest absolute Gasteiger partial charge is 0.496 e. The fourth-order valence-electron chi connectivity index (χ4n) is 10.6. The number of allylic oxidation sites excluding steroid dienone is 2. The first-order valence-electron chi connectivity index (χ1n) is 20.4. The maximum absolute atomic E-state index is 6.47. The summed E-state index contributed by atoms with van der Waals surface area (Å²) in [5.41, 5.74) is 26.5. The zero-order valence-corrected chi connectivity index (χ0v) is 37.2. The van der Waals surface area contributed by atoms with Gasteiger partial charge in [-0.2, -0.15) is 0 Å². The van der Waals surface area contributed by atoms with E-state index >= 15 is 0 Å². The smallest absolute Gasteiger partial charge is 0.131 e. The topological polar surface area (TPSA) is 9.23 Å². The Morgan fingerprint density at radius 2 is 1.05 bits per heavy atom. The highest BCUT2D eigenvalue weighted by atomic mass is 28.3. The predicted octanol–water partition coefficient (Wildman–Crippen LogP) is 15.0. The van der Waals surface area contributed by atoms with Gasteiger partial charge in [-0.05, 0) is 110 Å². The third kappa shape index (κ3) is 6.79. The van der Waals surface area contributed by atoms with Crippen molar-refractivity contribution in [1.82, 2.24) is 0 Å². The second-order valence-electron chi connectivity index (χ2n) is 19.1. The van der Waals surface area contributed by atoms with Gasteiger partial charge in [0.05, 0.1) is 15.2 Å². The summed E-state index contributed by atoms with van der Waals surface area (Å²) >= 11 is 0. The van der Waals surface area contributed by atoms with E-state index in [0.717, 1.165) is 5.75 Å². The molecule has 0 N–H and O–H groups in total. The molecule has 1 nitrogen and oxygen atoms in total. The van der Waals surface area contributed by atoms with Gasteiger partial charge in [-0.1, -0.05) is 177 Å². The molecule has 0 radical (unpaired) electrons. The molecule has 2 aliphatic carbocycles. The number of methoxy groups -OCH3 is 1. The number of benzene rings is 5. The van der Waals surface area contributed by atoms with Gasteiger partial charge in [-0.15, -0.1) is 0 Å². The van der Waals surface area contributed by atoms with Gasteiger partial charge in [-0.3, -0.25) is 0 Å². The highest BCUT2D eigenvalue weighted by Crippen LogP contribution is 2.59. The second-order valence-corrected chi connectivity index (χ2v) is 23.9. The molecule has 0 aliphatic heterocycles. The van der Waals surface area contributed by atoms with Crippen LogP contribution in [0.25, 0.3) is 45.5 Å². The van der Waals surface area contributed by atoms with Gasteiger partial charge < -0.3 is 4.74 Å². The molecular weight excluding hydrogens is 681 g/mol. The van der Waals surface area contributed by atoms with E-state index in [1.54, 1.807) is 5.57 Å². The second kappa shape index (κ2) is 14.0. The van der Waals surface area contributed by atoms with Crippen LogP contribution in [-0.2, 0) is 5.41 Å². The van der Waals surface area contributed by atoms with Crippen molar-refractivity contribution in [3.63, 3.8) is 0 Å². The number of hydrogen-bond donors (Lipinski definition) is 0. The molecule has 2 heteroatoms. The van der Waals surface area contributed by atoms with Crippen molar-refractivity contribution in [3.05, 3.63) is 145 Å². The molecule has 0 saturated carbocycles. The van der Waals surface area contributed by atoms with Gasteiger partial charge in [0.25, 0.3) is 0 Å². The molecule has 55 heavy (non-hydrogen) atoms. The zero-order valence-electron chi connectivity index (χ0n) is 36.2. The molecule has 0 heterocycles. The Kier molecular flexibility index (Phi) is 9.86. The van der Waals surface area contributed by atoms with Crippen LogP contribution in [0.4, 0.5) is 0 Å². The van der Waals surface area contributed by atoms with E-state index < -0.39 is 8.07 Å². The molecule has 0 spiro atoms. The summed E-state index contributed by atoms with van der Waals surface area (Å²) in [5.74, 6) is 1.43. The lowest BCUT2D eigenvalue weighted by Crippen LogP contribution is -2.43. The Labute approximate surface area is 333 Å². The molecule has 0 saturated heterocycles. The minimum absolute atomic E-state index is 0.0996. The summed E-state index contributed by atoms with van der Waals surface area (Å²) in [6.45, 7) is 33.1.